The van der Waals surface area contributed by atoms with Gasteiger partial charge in [0.1, 0.15) is 11.9 Å². The number of halogens is 1. The number of benzene rings is 2. The first-order chi connectivity index (χ1) is 14.2. The van der Waals surface area contributed by atoms with Crippen LogP contribution in [0.5, 0.6) is 0 Å². The standard InChI is InChI=1S/C23H26FNO4/c24-18-7-5-17(6-8-18)22-20-4-2-1-3-16(20)11-12-25(22)23(27)21-10-9-19(15-29-21)28-14-13-26/h1-8,19,21-22,26H,9-15H2/t19-,21-,22+/m1/s1. The van der Waals surface area contributed by atoms with Gasteiger partial charge in [-0.1, -0.05) is 36.4 Å². The molecule has 3 atom stereocenters. The second kappa shape index (κ2) is 9.03. The Morgan fingerprint density at radius 2 is 1.97 bits per heavy atom. The summed E-state index contributed by atoms with van der Waals surface area (Å²) in [6.45, 7) is 1.21. The van der Waals surface area contributed by atoms with Crippen LogP contribution in [0.1, 0.15) is 35.6 Å². The molecule has 1 N–H and O–H groups in total. The van der Waals surface area contributed by atoms with Gasteiger partial charge in [-0.05, 0) is 48.1 Å². The quantitative estimate of drug-likeness (QED) is 0.840. The smallest absolute Gasteiger partial charge is 0.252 e. The second-order valence-electron chi connectivity index (χ2n) is 7.55. The fourth-order valence-electron chi connectivity index (χ4n) is 4.27. The molecule has 4 rings (SSSR count). The van der Waals surface area contributed by atoms with Crippen LogP contribution < -0.4 is 0 Å². The Bertz CT molecular complexity index is 833. The first-order valence-electron chi connectivity index (χ1n) is 10.1. The molecule has 2 aliphatic heterocycles. The number of nitrogens with zero attached hydrogens (tertiary/aromatic N) is 1. The van der Waals surface area contributed by atoms with Crippen molar-refractivity contribution in [3.05, 3.63) is 71.0 Å². The molecular weight excluding hydrogens is 373 g/mol. The van der Waals surface area contributed by atoms with Crippen molar-refractivity contribution in [1.29, 1.82) is 0 Å². The van der Waals surface area contributed by atoms with Crippen molar-refractivity contribution in [1.82, 2.24) is 4.90 Å². The summed E-state index contributed by atoms with van der Waals surface area (Å²) in [7, 11) is 0. The molecule has 2 aromatic carbocycles. The van der Waals surface area contributed by atoms with Crippen LogP contribution in [0.3, 0.4) is 0 Å². The molecule has 2 aliphatic rings. The largest absolute Gasteiger partial charge is 0.394 e. The zero-order valence-electron chi connectivity index (χ0n) is 16.3. The Balaban J connectivity index is 1.55. The molecule has 2 heterocycles. The summed E-state index contributed by atoms with van der Waals surface area (Å²) in [5.74, 6) is -0.324. The van der Waals surface area contributed by atoms with Crippen molar-refractivity contribution in [2.75, 3.05) is 26.4 Å². The van der Waals surface area contributed by atoms with Crippen LogP contribution in [0, 0.1) is 5.82 Å². The summed E-state index contributed by atoms with van der Waals surface area (Å²) >= 11 is 0. The van der Waals surface area contributed by atoms with Crippen LogP contribution >= 0.6 is 0 Å². The van der Waals surface area contributed by atoms with E-state index in [4.69, 9.17) is 14.6 Å². The first-order valence-corrected chi connectivity index (χ1v) is 10.1. The SMILES string of the molecule is O=C([C@H]1CC[C@@H](OCCO)CO1)N1CCc2ccccc2[C@@H]1c1ccc(F)cc1. The molecule has 1 saturated heterocycles. The molecule has 0 spiro atoms. The van der Waals surface area contributed by atoms with Crippen LogP contribution in [0.25, 0.3) is 0 Å². The van der Waals surface area contributed by atoms with Gasteiger partial charge in [-0.15, -0.1) is 0 Å². The second-order valence-corrected chi connectivity index (χ2v) is 7.55. The molecule has 0 radical (unpaired) electrons. The van der Waals surface area contributed by atoms with E-state index in [0.717, 1.165) is 24.0 Å². The van der Waals surface area contributed by atoms with Gasteiger partial charge in [0.15, 0.2) is 0 Å². The van der Waals surface area contributed by atoms with E-state index in [0.29, 0.717) is 19.6 Å². The summed E-state index contributed by atoms with van der Waals surface area (Å²) < 4.78 is 24.8. The maximum absolute atomic E-state index is 13.5. The number of rotatable bonds is 5. The van der Waals surface area contributed by atoms with Crippen LogP contribution in [-0.2, 0) is 20.7 Å². The van der Waals surface area contributed by atoms with Gasteiger partial charge in [0.25, 0.3) is 5.91 Å². The molecule has 0 bridgehead atoms. The van der Waals surface area contributed by atoms with Gasteiger partial charge in [-0.25, -0.2) is 4.39 Å². The minimum atomic E-state index is -0.503. The van der Waals surface area contributed by atoms with E-state index < -0.39 is 6.10 Å². The average molecular weight is 399 g/mol. The van der Waals surface area contributed by atoms with Crippen molar-refractivity contribution in [2.24, 2.45) is 0 Å². The van der Waals surface area contributed by atoms with E-state index in [1.165, 1.54) is 17.7 Å². The lowest BCUT2D eigenvalue weighted by Crippen LogP contribution is -2.48. The Hall–Kier alpha value is -2.28. The number of hydrogen-bond donors (Lipinski definition) is 1. The number of aliphatic hydroxyl groups excluding tert-OH is 1. The molecule has 29 heavy (non-hydrogen) atoms. The van der Waals surface area contributed by atoms with Crippen molar-refractivity contribution < 1.29 is 23.8 Å². The molecular formula is C23H26FNO4. The van der Waals surface area contributed by atoms with Crippen LogP contribution in [0.4, 0.5) is 4.39 Å². The number of hydrogen-bond acceptors (Lipinski definition) is 4. The van der Waals surface area contributed by atoms with E-state index in [9.17, 15) is 9.18 Å². The van der Waals surface area contributed by atoms with Gasteiger partial charge in [0, 0.05) is 6.54 Å². The predicted molar refractivity (Wildman–Crippen MR) is 106 cm³/mol. The summed E-state index contributed by atoms with van der Waals surface area (Å²) in [6.07, 6.45) is 1.51. The zero-order valence-corrected chi connectivity index (χ0v) is 16.3. The van der Waals surface area contributed by atoms with Gasteiger partial charge in [0.05, 0.1) is 32.0 Å². The third-order valence-electron chi connectivity index (χ3n) is 5.71. The maximum Gasteiger partial charge on any atom is 0.252 e. The number of aliphatic hydroxyl groups is 1. The minimum absolute atomic E-state index is 0.0224. The van der Waals surface area contributed by atoms with Crippen molar-refractivity contribution in [3.63, 3.8) is 0 Å². The lowest BCUT2D eigenvalue weighted by Gasteiger charge is -2.40. The average Bonchev–Trinajstić information content (AvgIpc) is 2.77. The number of amides is 1. The van der Waals surface area contributed by atoms with Crippen LogP contribution in [0.2, 0.25) is 0 Å². The molecule has 5 nitrogen and oxygen atoms in total. The molecule has 1 fully saturated rings. The lowest BCUT2D eigenvalue weighted by molar-refractivity contribution is -0.156. The van der Waals surface area contributed by atoms with Crippen molar-refractivity contribution >= 4 is 5.91 Å². The zero-order chi connectivity index (χ0) is 20.2. The lowest BCUT2D eigenvalue weighted by atomic mass is 9.87. The highest BCUT2D eigenvalue weighted by atomic mass is 19.1. The summed E-state index contributed by atoms with van der Waals surface area (Å²) in [5.41, 5.74) is 3.19. The molecule has 1 amide bonds. The molecule has 0 aromatic heterocycles. The van der Waals surface area contributed by atoms with Gasteiger partial charge < -0.3 is 19.5 Å². The summed E-state index contributed by atoms with van der Waals surface area (Å²) in [4.78, 5) is 15.3. The molecule has 0 aliphatic carbocycles. The Labute approximate surface area is 170 Å². The normalized spacial score (nSPS) is 24.2. The number of carbonyl (C=O) groups is 1. The van der Waals surface area contributed by atoms with E-state index >= 15 is 0 Å². The fourth-order valence-corrected chi connectivity index (χ4v) is 4.27. The highest BCUT2D eigenvalue weighted by Crippen LogP contribution is 2.36. The Morgan fingerprint density at radius 1 is 1.17 bits per heavy atom. The Morgan fingerprint density at radius 3 is 2.69 bits per heavy atom. The van der Waals surface area contributed by atoms with E-state index in [-0.39, 0.29) is 37.1 Å². The van der Waals surface area contributed by atoms with Gasteiger partial charge >= 0.3 is 0 Å². The topological polar surface area (TPSA) is 59.0 Å². The first kappa shape index (κ1) is 20.0. The van der Waals surface area contributed by atoms with Crippen molar-refractivity contribution in [3.8, 4) is 0 Å². The third kappa shape index (κ3) is 4.34. The summed E-state index contributed by atoms with van der Waals surface area (Å²) in [6, 6.07) is 14.3. The number of ether oxygens (including phenoxy) is 2. The minimum Gasteiger partial charge on any atom is -0.394 e. The van der Waals surface area contributed by atoms with Gasteiger partial charge in [-0.3, -0.25) is 4.79 Å². The van der Waals surface area contributed by atoms with Crippen LogP contribution in [0.15, 0.2) is 48.5 Å². The highest BCUT2D eigenvalue weighted by Gasteiger charge is 2.37. The third-order valence-corrected chi connectivity index (χ3v) is 5.71. The molecule has 0 unspecified atom stereocenters. The maximum atomic E-state index is 13.5. The van der Waals surface area contributed by atoms with Crippen molar-refractivity contribution in [2.45, 2.75) is 37.5 Å². The number of carbonyl (C=O) groups excluding carboxylic acids is 1. The fraction of sp³-hybridized carbons (Fsp3) is 0.435. The van der Waals surface area contributed by atoms with E-state index in [1.54, 1.807) is 12.1 Å². The van der Waals surface area contributed by atoms with E-state index in [1.807, 2.05) is 23.1 Å². The Kier molecular flexibility index (Phi) is 6.23. The van der Waals surface area contributed by atoms with Crippen LogP contribution in [-0.4, -0.2) is 54.5 Å². The number of fused-ring (bicyclic) bond motifs is 1. The van der Waals surface area contributed by atoms with Gasteiger partial charge in [-0.2, -0.15) is 0 Å². The monoisotopic (exact) mass is 399 g/mol. The molecule has 6 heteroatoms. The summed E-state index contributed by atoms with van der Waals surface area (Å²) in [5, 5.41) is 8.89. The molecule has 154 valence electrons. The van der Waals surface area contributed by atoms with E-state index in [2.05, 4.69) is 6.07 Å². The molecule has 0 saturated carbocycles. The molecule has 2 aromatic rings. The van der Waals surface area contributed by atoms with Gasteiger partial charge in [0.2, 0.25) is 0 Å². The predicted octanol–water partition coefficient (Wildman–Crippen LogP) is 2.86. The highest BCUT2D eigenvalue weighted by molar-refractivity contribution is 5.82.